The molecule has 2 N–H and O–H groups in total. The minimum Gasteiger partial charge on any atom is -0.450 e. The van der Waals surface area contributed by atoms with Crippen LogP contribution in [0, 0.1) is 11.8 Å². The number of nitrogens with one attached hydrogen (secondary N) is 2. The Kier molecular flexibility index (Phi) is 5.74. The van der Waals surface area contributed by atoms with Gasteiger partial charge in [-0.25, -0.2) is 14.8 Å². The maximum atomic E-state index is 12.0. The molecule has 0 aliphatic carbocycles. The molecular formula is C25H30N6O2S. The average Bonchev–Trinajstić information content (AvgIpc) is 3.44. The largest absolute Gasteiger partial charge is 0.450 e. The Bertz CT molecular complexity index is 1200. The predicted octanol–water partition coefficient (Wildman–Crippen LogP) is 4.18. The summed E-state index contributed by atoms with van der Waals surface area (Å²) in [5.41, 5.74) is 3.71. The van der Waals surface area contributed by atoms with Gasteiger partial charge in [-0.3, -0.25) is 5.32 Å². The van der Waals surface area contributed by atoms with Crippen LogP contribution < -0.4 is 20.4 Å². The van der Waals surface area contributed by atoms with E-state index in [1.54, 1.807) is 18.3 Å². The Balaban J connectivity index is 1.39. The SMILES string of the molecule is CCOC(=O)Nc1ccc2c(N3CC4CCNCC4C3)cc(-c3cnc(N4CCC4)s3)nc2c1. The fourth-order valence-corrected chi connectivity index (χ4v) is 6.19. The van der Waals surface area contributed by atoms with E-state index in [0.717, 1.165) is 71.8 Å². The molecule has 1 amide bonds. The van der Waals surface area contributed by atoms with E-state index < -0.39 is 6.09 Å². The number of amides is 1. The second kappa shape index (κ2) is 9.03. The van der Waals surface area contributed by atoms with Crippen molar-refractivity contribution < 1.29 is 9.53 Å². The molecule has 2 aromatic heterocycles. The van der Waals surface area contributed by atoms with E-state index in [1.165, 1.54) is 18.5 Å². The van der Waals surface area contributed by atoms with Crippen molar-refractivity contribution in [3.05, 3.63) is 30.5 Å². The van der Waals surface area contributed by atoms with E-state index in [1.807, 2.05) is 18.3 Å². The number of ether oxygens (including phenoxy) is 1. The van der Waals surface area contributed by atoms with Gasteiger partial charge in [0.1, 0.15) is 0 Å². The van der Waals surface area contributed by atoms with Crippen molar-refractivity contribution in [1.82, 2.24) is 15.3 Å². The quantitative estimate of drug-likeness (QED) is 0.569. The van der Waals surface area contributed by atoms with E-state index in [9.17, 15) is 4.79 Å². The van der Waals surface area contributed by atoms with Crippen molar-refractivity contribution >= 4 is 44.8 Å². The van der Waals surface area contributed by atoms with Gasteiger partial charge in [-0.1, -0.05) is 11.3 Å². The second-order valence-corrected chi connectivity index (χ2v) is 10.4. The molecule has 0 radical (unpaired) electrons. The van der Waals surface area contributed by atoms with E-state index in [0.29, 0.717) is 18.2 Å². The minimum atomic E-state index is -0.448. The van der Waals surface area contributed by atoms with Crippen LogP contribution in [-0.4, -0.2) is 61.9 Å². The lowest BCUT2D eigenvalue weighted by Gasteiger charge is -2.30. The van der Waals surface area contributed by atoms with Crippen LogP contribution in [-0.2, 0) is 4.74 Å². The lowest BCUT2D eigenvalue weighted by molar-refractivity contribution is 0.168. The molecule has 3 fully saturated rings. The van der Waals surface area contributed by atoms with Gasteiger partial charge in [-0.2, -0.15) is 0 Å². The molecule has 34 heavy (non-hydrogen) atoms. The summed E-state index contributed by atoms with van der Waals surface area (Å²) in [4.78, 5) is 27.6. The van der Waals surface area contributed by atoms with E-state index in [2.05, 4.69) is 37.6 Å². The molecule has 2 unspecified atom stereocenters. The molecule has 3 saturated heterocycles. The third kappa shape index (κ3) is 4.07. The second-order valence-electron chi connectivity index (χ2n) is 9.37. The van der Waals surface area contributed by atoms with Crippen LogP contribution in [0.15, 0.2) is 30.5 Å². The number of rotatable bonds is 5. The van der Waals surface area contributed by atoms with Gasteiger partial charge in [-0.05, 0) is 69.0 Å². The summed E-state index contributed by atoms with van der Waals surface area (Å²) in [7, 11) is 0. The van der Waals surface area contributed by atoms with Gasteiger partial charge < -0.3 is 19.9 Å². The minimum absolute atomic E-state index is 0.336. The van der Waals surface area contributed by atoms with E-state index >= 15 is 0 Å². The van der Waals surface area contributed by atoms with Crippen molar-refractivity contribution in [3.63, 3.8) is 0 Å². The van der Waals surface area contributed by atoms with Crippen LogP contribution in [0.2, 0.25) is 0 Å². The average molecular weight is 479 g/mol. The van der Waals surface area contributed by atoms with Crippen LogP contribution in [0.3, 0.4) is 0 Å². The van der Waals surface area contributed by atoms with Gasteiger partial charge in [0.2, 0.25) is 0 Å². The van der Waals surface area contributed by atoms with Gasteiger partial charge in [0.25, 0.3) is 0 Å². The number of fused-ring (bicyclic) bond motifs is 2. The zero-order chi connectivity index (χ0) is 23.1. The highest BCUT2D eigenvalue weighted by Gasteiger charge is 2.35. The fourth-order valence-electron chi connectivity index (χ4n) is 5.27. The Morgan fingerprint density at radius 1 is 1.24 bits per heavy atom. The summed E-state index contributed by atoms with van der Waals surface area (Å²) in [5, 5.41) is 8.56. The molecule has 8 nitrogen and oxygen atoms in total. The van der Waals surface area contributed by atoms with Gasteiger partial charge in [0.05, 0.1) is 22.7 Å². The number of anilines is 3. The Morgan fingerprint density at radius 2 is 2.12 bits per heavy atom. The van der Waals surface area contributed by atoms with Crippen LogP contribution in [0.1, 0.15) is 19.8 Å². The summed E-state index contributed by atoms with van der Waals surface area (Å²) in [6, 6.07) is 8.19. The van der Waals surface area contributed by atoms with Crippen LogP contribution >= 0.6 is 11.3 Å². The van der Waals surface area contributed by atoms with Crippen molar-refractivity contribution in [2.45, 2.75) is 19.8 Å². The molecule has 3 aromatic rings. The third-order valence-corrected chi connectivity index (χ3v) is 8.28. The number of piperidine rings is 1. The zero-order valence-electron chi connectivity index (χ0n) is 19.4. The number of pyridine rings is 1. The smallest absolute Gasteiger partial charge is 0.411 e. The van der Waals surface area contributed by atoms with Crippen molar-refractivity contribution in [2.75, 3.05) is 61.0 Å². The maximum absolute atomic E-state index is 12.0. The van der Waals surface area contributed by atoms with Gasteiger partial charge in [0.15, 0.2) is 5.13 Å². The summed E-state index contributed by atoms with van der Waals surface area (Å²) >= 11 is 1.71. The number of hydrogen-bond acceptors (Lipinski definition) is 8. The van der Waals surface area contributed by atoms with Crippen molar-refractivity contribution in [2.24, 2.45) is 11.8 Å². The number of thiazole rings is 1. The highest BCUT2D eigenvalue weighted by Crippen LogP contribution is 2.40. The predicted molar refractivity (Wildman–Crippen MR) is 137 cm³/mol. The molecular weight excluding hydrogens is 448 g/mol. The topological polar surface area (TPSA) is 82.6 Å². The highest BCUT2D eigenvalue weighted by molar-refractivity contribution is 7.18. The molecule has 3 aliphatic rings. The highest BCUT2D eigenvalue weighted by atomic mass is 32.1. The Hall–Kier alpha value is -2.91. The summed E-state index contributed by atoms with van der Waals surface area (Å²) in [6.45, 7) is 8.64. The summed E-state index contributed by atoms with van der Waals surface area (Å²) in [5.74, 6) is 1.42. The number of carbonyl (C=O) groups is 1. The van der Waals surface area contributed by atoms with Crippen LogP contribution in [0.25, 0.3) is 21.5 Å². The number of carbonyl (C=O) groups excluding carboxylic acids is 1. The first-order valence-electron chi connectivity index (χ1n) is 12.2. The first-order chi connectivity index (χ1) is 16.7. The fraction of sp³-hybridized carbons (Fsp3) is 0.480. The molecule has 0 saturated carbocycles. The number of nitrogens with zero attached hydrogens (tertiary/aromatic N) is 4. The maximum Gasteiger partial charge on any atom is 0.411 e. The third-order valence-electron chi connectivity index (χ3n) is 7.20. The molecule has 1 aromatic carbocycles. The van der Waals surface area contributed by atoms with E-state index in [4.69, 9.17) is 9.72 Å². The number of hydrogen-bond donors (Lipinski definition) is 2. The molecule has 5 heterocycles. The van der Waals surface area contributed by atoms with Crippen molar-refractivity contribution in [1.29, 1.82) is 0 Å². The zero-order valence-corrected chi connectivity index (χ0v) is 20.2. The monoisotopic (exact) mass is 478 g/mol. The summed E-state index contributed by atoms with van der Waals surface area (Å²) < 4.78 is 5.06. The standard InChI is InChI=1S/C25H30N6O2S/c1-2-33-25(32)28-18-4-5-19-20(10-18)29-21(23-13-27-24(34-23)30-8-3-9-30)11-22(19)31-14-16-6-7-26-12-17(16)15-31/h4-5,10-11,13,16-17,26H,2-3,6-9,12,14-15H2,1H3,(H,28,32). The molecule has 9 heteroatoms. The van der Waals surface area contributed by atoms with Crippen LogP contribution in [0.5, 0.6) is 0 Å². The molecule has 6 rings (SSSR count). The first-order valence-corrected chi connectivity index (χ1v) is 13.0. The van der Waals surface area contributed by atoms with Crippen LogP contribution in [0.4, 0.5) is 21.3 Å². The summed E-state index contributed by atoms with van der Waals surface area (Å²) in [6.07, 6.45) is 3.97. The first kappa shape index (κ1) is 21.6. The molecule has 0 bridgehead atoms. The molecule has 2 atom stereocenters. The molecule has 3 aliphatic heterocycles. The van der Waals surface area contributed by atoms with E-state index in [-0.39, 0.29) is 0 Å². The molecule has 178 valence electrons. The Labute approximate surface area is 203 Å². The lowest BCUT2D eigenvalue weighted by atomic mass is 9.90. The number of benzene rings is 1. The molecule has 0 spiro atoms. The van der Waals surface area contributed by atoms with Crippen molar-refractivity contribution in [3.8, 4) is 10.6 Å². The lowest BCUT2D eigenvalue weighted by Crippen LogP contribution is -2.36. The van der Waals surface area contributed by atoms with Gasteiger partial charge >= 0.3 is 6.09 Å². The Morgan fingerprint density at radius 3 is 2.91 bits per heavy atom. The normalized spacial score (nSPS) is 21.9. The van der Waals surface area contributed by atoms with Gasteiger partial charge in [-0.15, -0.1) is 0 Å². The number of aromatic nitrogens is 2. The van der Waals surface area contributed by atoms with Gasteiger partial charge in [0, 0.05) is 49.1 Å².